The minimum Gasteiger partial charge on any atom is -0.507 e. The molecule has 1 aliphatic rings. The Labute approximate surface area is 89.1 Å². The van der Waals surface area contributed by atoms with E-state index in [-0.39, 0.29) is 17.5 Å². The highest BCUT2D eigenvalue weighted by Crippen LogP contribution is 2.35. The molecule has 1 heterocycles. The summed E-state index contributed by atoms with van der Waals surface area (Å²) in [5.41, 5.74) is 1.27. The van der Waals surface area contributed by atoms with Crippen molar-refractivity contribution in [3.05, 3.63) is 29.1 Å². The minimum absolute atomic E-state index is 0.141. The van der Waals surface area contributed by atoms with Crippen LogP contribution in [0.15, 0.2) is 12.1 Å². The number of hydrogen-bond acceptors (Lipinski definition) is 2. The highest BCUT2D eigenvalue weighted by Gasteiger charge is 2.22. The van der Waals surface area contributed by atoms with Crippen molar-refractivity contribution in [1.29, 1.82) is 0 Å². The van der Waals surface area contributed by atoms with Crippen molar-refractivity contribution in [3.63, 3.8) is 0 Å². The van der Waals surface area contributed by atoms with E-state index in [0.29, 0.717) is 5.56 Å². The molecule has 2 N–H and O–H groups in total. The van der Waals surface area contributed by atoms with Gasteiger partial charge in [-0.15, -0.1) is 0 Å². The summed E-state index contributed by atoms with van der Waals surface area (Å²) in [5, 5.41) is 13.1. The van der Waals surface area contributed by atoms with Gasteiger partial charge in [-0.1, -0.05) is 6.07 Å². The molecule has 82 valence electrons. The SMILES string of the molecule is Cc1ccc(F)c(C2CCNCC2)c1O. The molecule has 1 fully saturated rings. The summed E-state index contributed by atoms with van der Waals surface area (Å²) >= 11 is 0. The molecule has 1 aromatic rings. The maximum absolute atomic E-state index is 13.6. The number of phenols is 1. The van der Waals surface area contributed by atoms with Crippen LogP contribution < -0.4 is 5.32 Å². The predicted octanol–water partition coefficient (Wildman–Crippen LogP) is 2.31. The van der Waals surface area contributed by atoms with Gasteiger partial charge in [0.2, 0.25) is 0 Å². The zero-order chi connectivity index (χ0) is 10.8. The standard InChI is InChI=1S/C12H16FNO/c1-8-2-3-10(13)11(12(8)15)9-4-6-14-7-5-9/h2-3,9,14-15H,4-7H2,1H3. The van der Waals surface area contributed by atoms with Crippen molar-refractivity contribution in [2.45, 2.75) is 25.7 Å². The fraction of sp³-hybridized carbons (Fsp3) is 0.500. The van der Waals surface area contributed by atoms with Crippen LogP contribution >= 0.6 is 0 Å². The Kier molecular flexibility index (Phi) is 2.91. The quantitative estimate of drug-likeness (QED) is 0.744. The second kappa shape index (κ2) is 4.19. The van der Waals surface area contributed by atoms with Crippen molar-refractivity contribution < 1.29 is 9.50 Å². The number of halogens is 1. The van der Waals surface area contributed by atoms with E-state index in [1.165, 1.54) is 6.07 Å². The van der Waals surface area contributed by atoms with Gasteiger partial charge in [0.05, 0.1) is 0 Å². The Bertz CT molecular complexity index is 359. The Morgan fingerprint density at radius 1 is 1.33 bits per heavy atom. The van der Waals surface area contributed by atoms with E-state index in [1.807, 2.05) is 0 Å². The van der Waals surface area contributed by atoms with Crippen LogP contribution in [0.25, 0.3) is 0 Å². The third-order valence-electron chi connectivity index (χ3n) is 3.11. The highest BCUT2D eigenvalue weighted by molar-refractivity contribution is 5.42. The molecule has 1 saturated heterocycles. The molecule has 0 spiro atoms. The van der Waals surface area contributed by atoms with E-state index in [2.05, 4.69) is 5.32 Å². The van der Waals surface area contributed by atoms with Crippen LogP contribution in [0.3, 0.4) is 0 Å². The Morgan fingerprint density at radius 3 is 2.67 bits per heavy atom. The average Bonchev–Trinajstić information content (AvgIpc) is 2.26. The Balaban J connectivity index is 2.36. The predicted molar refractivity (Wildman–Crippen MR) is 57.6 cm³/mol. The molecule has 3 heteroatoms. The lowest BCUT2D eigenvalue weighted by molar-refractivity contribution is 0.407. The molecule has 0 radical (unpaired) electrons. The Hall–Kier alpha value is -1.09. The second-order valence-electron chi connectivity index (χ2n) is 4.15. The number of aryl methyl sites for hydroxylation is 1. The molecule has 0 aromatic heterocycles. The minimum atomic E-state index is -0.273. The van der Waals surface area contributed by atoms with Crippen LogP contribution in [0.2, 0.25) is 0 Å². The number of phenolic OH excluding ortho intramolecular Hbond substituents is 1. The molecule has 2 rings (SSSR count). The molecule has 0 bridgehead atoms. The second-order valence-corrected chi connectivity index (χ2v) is 4.15. The van der Waals surface area contributed by atoms with E-state index in [1.54, 1.807) is 13.0 Å². The molecular formula is C12H16FNO. The number of rotatable bonds is 1. The van der Waals surface area contributed by atoms with Crippen LogP contribution in [-0.4, -0.2) is 18.2 Å². The van der Waals surface area contributed by atoms with Crippen LogP contribution in [0.1, 0.15) is 29.9 Å². The third kappa shape index (κ3) is 1.97. The maximum atomic E-state index is 13.6. The van der Waals surface area contributed by atoms with Crippen LogP contribution in [0.5, 0.6) is 5.75 Å². The molecule has 1 aromatic carbocycles. The molecule has 0 unspecified atom stereocenters. The van der Waals surface area contributed by atoms with E-state index in [4.69, 9.17) is 0 Å². The molecule has 15 heavy (non-hydrogen) atoms. The van der Waals surface area contributed by atoms with Gasteiger partial charge < -0.3 is 10.4 Å². The fourth-order valence-electron chi connectivity index (χ4n) is 2.19. The topological polar surface area (TPSA) is 32.3 Å². The molecule has 2 nitrogen and oxygen atoms in total. The van der Waals surface area contributed by atoms with Gasteiger partial charge >= 0.3 is 0 Å². The lowest BCUT2D eigenvalue weighted by Crippen LogP contribution is -2.27. The summed E-state index contributed by atoms with van der Waals surface area (Å²) in [5.74, 6) is 0.0260. The fourth-order valence-corrected chi connectivity index (χ4v) is 2.19. The molecule has 0 amide bonds. The summed E-state index contributed by atoms with van der Waals surface area (Å²) in [7, 11) is 0. The third-order valence-corrected chi connectivity index (χ3v) is 3.11. The van der Waals surface area contributed by atoms with E-state index in [0.717, 1.165) is 31.5 Å². The normalized spacial score (nSPS) is 18.0. The first kappa shape index (κ1) is 10.4. The van der Waals surface area contributed by atoms with Gasteiger partial charge in [-0.05, 0) is 50.4 Å². The van der Waals surface area contributed by atoms with Crippen molar-refractivity contribution in [3.8, 4) is 5.75 Å². The first-order valence-corrected chi connectivity index (χ1v) is 5.39. The van der Waals surface area contributed by atoms with Gasteiger partial charge in [0.15, 0.2) is 0 Å². The summed E-state index contributed by atoms with van der Waals surface area (Å²) in [4.78, 5) is 0. The van der Waals surface area contributed by atoms with Crippen molar-refractivity contribution in [2.75, 3.05) is 13.1 Å². The summed E-state index contributed by atoms with van der Waals surface area (Å²) in [6, 6.07) is 3.07. The summed E-state index contributed by atoms with van der Waals surface area (Å²) in [6.45, 7) is 3.61. The number of nitrogens with one attached hydrogen (secondary N) is 1. The number of piperidine rings is 1. The van der Waals surface area contributed by atoms with Gasteiger partial charge in [0, 0.05) is 5.56 Å². The van der Waals surface area contributed by atoms with Crippen LogP contribution in [-0.2, 0) is 0 Å². The highest BCUT2D eigenvalue weighted by atomic mass is 19.1. The van der Waals surface area contributed by atoms with Crippen molar-refractivity contribution in [2.24, 2.45) is 0 Å². The number of benzene rings is 1. The van der Waals surface area contributed by atoms with Crippen molar-refractivity contribution >= 4 is 0 Å². The smallest absolute Gasteiger partial charge is 0.130 e. The largest absolute Gasteiger partial charge is 0.507 e. The number of hydrogen-bond donors (Lipinski definition) is 2. The van der Waals surface area contributed by atoms with Gasteiger partial charge in [0.1, 0.15) is 11.6 Å². The first-order chi connectivity index (χ1) is 7.20. The summed E-state index contributed by atoms with van der Waals surface area (Å²) < 4.78 is 13.6. The van der Waals surface area contributed by atoms with E-state index in [9.17, 15) is 9.50 Å². The zero-order valence-corrected chi connectivity index (χ0v) is 8.89. The number of aromatic hydroxyl groups is 1. The van der Waals surface area contributed by atoms with Crippen LogP contribution in [0.4, 0.5) is 4.39 Å². The molecule has 1 aliphatic heterocycles. The lowest BCUT2D eigenvalue weighted by atomic mass is 9.88. The van der Waals surface area contributed by atoms with Gasteiger partial charge in [-0.3, -0.25) is 0 Å². The monoisotopic (exact) mass is 209 g/mol. The van der Waals surface area contributed by atoms with E-state index >= 15 is 0 Å². The lowest BCUT2D eigenvalue weighted by Gasteiger charge is -2.24. The average molecular weight is 209 g/mol. The molecular weight excluding hydrogens is 193 g/mol. The van der Waals surface area contributed by atoms with Crippen molar-refractivity contribution in [1.82, 2.24) is 5.32 Å². The van der Waals surface area contributed by atoms with Crippen LogP contribution in [0, 0.1) is 12.7 Å². The molecule has 0 aliphatic carbocycles. The zero-order valence-electron chi connectivity index (χ0n) is 8.89. The van der Waals surface area contributed by atoms with Gasteiger partial charge in [-0.2, -0.15) is 0 Å². The molecule has 0 saturated carbocycles. The maximum Gasteiger partial charge on any atom is 0.130 e. The first-order valence-electron chi connectivity index (χ1n) is 5.39. The van der Waals surface area contributed by atoms with Gasteiger partial charge in [0.25, 0.3) is 0 Å². The Morgan fingerprint density at radius 2 is 2.00 bits per heavy atom. The van der Waals surface area contributed by atoms with E-state index < -0.39 is 0 Å². The summed E-state index contributed by atoms with van der Waals surface area (Å²) in [6.07, 6.45) is 1.79. The van der Waals surface area contributed by atoms with Gasteiger partial charge in [-0.25, -0.2) is 4.39 Å². The molecule has 0 atom stereocenters.